The zero-order valence-electron chi connectivity index (χ0n) is 8.87. The number of hydrogen-bond donors (Lipinski definition) is 0. The summed E-state index contributed by atoms with van der Waals surface area (Å²) in [6.45, 7) is 2.09. The maximum atomic E-state index is 12.0. The highest BCUT2D eigenvalue weighted by molar-refractivity contribution is 7.18. The Morgan fingerprint density at radius 3 is 2.38 bits per heavy atom. The molecule has 1 nitrogen and oxygen atoms in total. The Morgan fingerprint density at radius 2 is 1.88 bits per heavy atom. The van der Waals surface area contributed by atoms with Crippen LogP contribution in [0.5, 0.6) is 0 Å². The molecule has 16 heavy (non-hydrogen) atoms. The van der Waals surface area contributed by atoms with Crippen LogP contribution in [-0.2, 0) is 6.42 Å². The van der Waals surface area contributed by atoms with Gasteiger partial charge in [-0.2, -0.15) is 0 Å². The van der Waals surface area contributed by atoms with Crippen molar-refractivity contribution in [3.8, 4) is 0 Å². The first-order valence-corrected chi connectivity index (χ1v) is 6.29. The standard InChI is InChI=1S/C13H11ClOS/c1-2-9-3-5-10(6-4-9)13(15)11-7-8-12(14)16-11/h3-8H,2H2,1H3. The Morgan fingerprint density at radius 1 is 1.19 bits per heavy atom. The molecule has 0 saturated carbocycles. The number of benzene rings is 1. The van der Waals surface area contributed by atoms with Gasteiger partial charge in [0.15, 0.2) is 0 Å². The third kappa shape index (κ3) is 2.34. The van der Waals surface area contributed by atoms with Crippen molar-refractivity contribution in [1.82, 2.24) is 0 Å². The third-order valence-electron chi connectivity index (χ3n) is 2.42. The molecule has 0 aliphatic heterocycles. The van der Waals surface area contributed by atoms with Crippen LogP contribution in [0.15, 0.2) is 36.4 Å². The zero-order chi connectivity index (χ0) is 11.5. The first kappa shape index (κ1) is 11.4. The van der Waals surface area contributed by atoms with Crippen molar-refractivity contribution in [1.29, 1.82) is 0 Å². The van der Waals surface area contributed by atoms with E-state index in [0.29, 0.717) is 9.21 Å². The fourth-order valence-electron chi connectivity index (χ4n) is 1.47. The molecule has 0 atom stereocenters. The molecule has 2 aromatic rings. The van der Waals surface area contributed by atoms with Crippen LogP contribution < -0.4 is 0 Å². The van der Waals surface area contributed by atoms with Crippen molar-refractivity contribution in [2.24, 2.45) is 0 Å². The molecule has 0 aliphatic rings. The molecule has 82 valence electrons. The first-order valence-electron chi connectivity index (χ1n) is 5.09. The Labute approximate surface area is 104 Å². The second-order valence-corrected chi connectivity index (χ2v) is 5.20. The summed E-state index contributed by atoms with van der Waals surface area (Å²) in [5, 5.41) is 0. The van der Waals surface area contributed by atoms with Gasteiger partial charge >= 0.3 is 0 Å². The SMILES string of the molecule is CCc1ccc(C(=O)c2ccc(Cl)s2)cc1. The molecule has 0 spiro atoms. The van der Waals surface area contributed by atoms with Gasteiger partial charge in [0, 0.05) is 5.56 Å². The second kappa shape index (κ2) is 4.81. The second-order valence-electron chi connectivity index (χ2n) is 3.48. The van der Waals surface area contributed by atoms with Crippen molar-refractivity contribution in [2.45, 2.75) is 13.3 Å². The lowest BCUT2D eigenvalue weighted by molar-refractivity contribution is 0.104. The van der Waals surface area contributed by atoms with E-state index in [9.17, 15) is 4.79 Å². The Kier molecular flexibility index (Phi) is 3.42. The van der Waals surface area contributed by atoms with Crippen molar-refractivity contribution >= 4 is 28.7 Å². The molecule has 0 saturated heterocycles. The predicted molar refractivity (Wildman–Crippen MR) is 68.6 cm³/mol. The van der Waals surface area contributed by atoms with Gasteiger partial charge in [-0.3, -0.25) is 4.79 Å². The molecular formula is C13H11ClOS. The lowest BCUT2D eigenvalue weighted by atomic mass is 10.1. The third-order valence-corrected chi connectivity index (χ3v) is 3.65. The minimum Gasteiger partial charge on any atom is -0.288 e. The van der Waals surface area contributed by atoms with Gasteiger partial charge in [-0.1, -0.05) is 42.8 Å². The molecule has 0 bridgehead atoms. The first-order chi connectivity index (χ1) is 7.70. The summed E-state index contributed by atoms with van der Waals surface area (Å²) in [6, 6.07) is 11.2. The van der Waals surface area contributed by atoms with Gasteiger partial charge in [0.25, 0.3) is 0 Å². The number of thiophene rings is 1. The van der Waals surface area contributed by atoms with E-state index in [-0.39, 0.29) is 5.78 Å². The minimum absolute atomic E-state index is 0.0413. The van der Waals surface area contributed by atoms with E-state index >= 15 is 0 Å². The highest BCUT2D eigenvalue weighted by atomic mass is 35.5. The quantitative estimate of drug-likeness (QED) is 0.747. The molecule has 1 heterocycles. The smallest absolute Gasteiger partial charge is 0.202 e. The molecule has 1 aromatic heterocycles. The van der Waals surface area contributed by atoms with Crippen molar-refractivity contribution < 1.29 is 4.79 Å². The van der Waals surface area contributed by atoms with Gasteiger partial charge < -0.3 is 0 Å². The highest BCUT2D eigenvalue weighted by Crippen LogP contribution is 2.24. The van der Waals surface area contributed by atoms with Gasteiger partial charge in [0.05, 0.1) is 9.21 Å². The fraction of sp³-hybridized carbons (Fsp3) is 0.154. The Bertz CT molecular complexity index is 499. The normalized spacial score (nSPS) is 10.4. The van der Waals surface area contributed by atoms with Gasteiger partial charge in [0.1, 0.15) is 0 Å². The molecular weight excluding hydrogens is 240 g/mol. The van der Waals surface area contributed by atoms with Gasteiger partial charge in [-0.05, 0) is 24.1 Å². The van der Waals surface area contributed by atoms with Crippen LogP contribution in [0.4, 0.5) is 0 Å². The zero-order valence-corrected chi connectivity index (χ0v) is 10.4. The molecule has 0 N–H and O–H groups in total. The molecule has 3 heteroatoms. The topological polar surface area (TPSA) is 17.1 Å². The van der Waals surface area contributed by atoms with Gasteiger partial charge in [0.2, 0.25) is 5.78 Å². The van der Waals surface area contributed by atoms with Crippen LogP contribution >= 0.6 is 22.9 Å². The summed E-state index contributed by atoms with van der Waals surface area (Å²) >= 11 is 7.12. The minimum atomic E-state index is 0.0413. The van der Waals surface area contributed by atoms with E-state index in [2.05, 4.69) is 6.92 Å². The molecule has 0 radical (unpaired) electrons. The summed E-state index contributed by atoms with van der Waals surface area (Å²) in [5.41, 5.74) is 1.96. The number of hydrogen-bond acceptors (Lipinski definition) is 2. The summed E-state index contributed by atoms with van der Waals surface area (Å²) < 4.78 is 0.647. The fourth-order valence-corrected chi connectivity index (χ4v) is 2.48. The van der Waals surface area contributed by atoms with E-state index in [1.165, 1.54) is 16.9 Å². The number of rotatable bonds is 3. The lowest BCUT2D eigenvalue weighted by Gasteiger charge is -2.00. The number of carbonyl (C=O) groups is 1. The lowest BCUT2D eigenvalue weighted by Crippen LogP contribution is -1.98. The van der Waals surface area contributed by atoms with E-state index in [0.717, 1.165) is 12.0 Å². The average molecular weight is 251 g/mol. The molecule has 0 aliphatic carbocycles. The van der Waals surface area contributed by atoms with Crippen LogP contribution in [0.1, 0.15) is 27.7 Å². The van der Waals surface area contributed by atoms with Gasteiger partial charge in [-0.25, -0.2) is 0 Å². The van der Waals surface area contributed by atoms with E-state index < -0.39 is 0 Å². The monoisotopic (exact) mass is 250 g/mol. The average Bonchev–Trinajstić information content (AvgIpc) is 2.75. The van der Waals surface area contributed by atoms with Crippen LogP contribution in [0.3, 0.4) is 0 Å². The number of ketones is 1. The summed E-state index contributed by atoms with van der Waals surface area (Å²) in [4.78, 5) is 12.7. The molecule has 2 rings (SSSR count). The van der Waals surface area contributed by atoms with Crippen LogP contribution in [0.2, 0.25) is 4.34 Å². The number of carbonyl (C=O) groups excluding carboxylic acids is 1. The largest absolute Gasteiger partial charge is 0.288 e. The summed E-state index contributed by atoms with van der Waals surface area (Å²) in [7, 11) is 0. The van der Waals surface area contributed by atoms with Crippen molar-refractivity contribution in [2.75, 3.05) is 0 Å². The highest BCUT2D eigenvalue weighted by Gasteiger charge is 2.10. The molecule has 0 unspecified atom stereocenters. The van der Waals surface area contributed by atoms with Crippen molar-refractivity contribution in [3.05, 3.63) is 56.7 Å². The molecule has 0 amide bonds. The van der Waals surface area contributed by atoms with Crippen LogP contribution in [0.25, 0.3) is 0 Å². The van der Waals surface area contributed by atoms with Gasteiger partial charge in [-0.15, -0.1) is 11.3 Å². The molecule has 0 fully saturated rings. The predicted octanol–water partition coefficient (Wildman–Crippen LogP) is 4.19. The summed E-state index contributed by atoms with van der Waals surface area (Å²) in [6.07, 6.45) is 0.985. The maximum Gasteiger partial charge on any atom is 0.202 e. The van der Waals surface area contributed by atoms with E-state index in [1.54, 1.807) is 12.1 Å². The van der Waals surface area contributed by atoms with Crippen LogP contribution in [-0.4, -0.2) is 5.78 Å². The number of aryl methyl sites for hydroxylation is 1. The van der Waals surface area contributed by atoms with E-state index in [1.807, 2.05) is 24.3 Å². The molecule has 1 aromatic carbocycles. The number of halogens is 1. The summed E-state index contributed by atoms with van der Waals surface area (Å²) in [5.74, 6) is 0.0413. The van der Waals surface area contributed by atoms with Crippen LogP contribution in [0, 0.1) is 0 Å². The van der Waals surface area contributed by atoms with Crippen molar-refractivity contribution in [3.63, 3.8) is 0 Å². The van der Waals surface area contributed by atoms with E-state index in [4.69, 9.17) is 11.6 Å². The maximum absolute atomic E-state index is 12.0. The Hall–Kier alpha value is -1.12. The Balaban J connectivity index is 2.27.